The van der Waals surface area contributed by atoms with E-state index >= 15 is 0 Å². The van der Waals surface area contributed by atoms with Crippen LogP contribution in [0.3, 0.4) is 0 Å². The van der Waals surface area contributed by atoms with Gasteiger partial charge in [-0.15, -0.1) is 0 Å². The van der Waals surface area contributed by atoms with Crippen molar-refractivity contribution in [3.05, 3.63) is 59.2 Å². The minimum atomic E-state index is -0.997. The van der Waals surface area contributed by atoms with Crippen LogP contribution in [0.2, 0.25) is 0 Å². The Morgan fingerprint density at radius 2 is 1.60 bits per heavy atom. The molecule has 0 fully saturated rings. The van der Waals surface area contributed by atoms with Crippen molar-refractivity contribution in [2.24, 2.45) is 0 Å². The summed E-state index contributed by atoms with van der Waals surface area (Å²) in [6.07, 6.45) is 0. The number of benzene rings is 2. The Balaban J connectivity index is 2.31. The van der Waals surface area contributed by atoms with Gasteiger partial charge < -0.3 is 14.6 Å². The van der Waals surface area contributed by atoms with Crippen molar-refractivity contribution in [2.75, 3.05) is 13.7 Å². The molecular weight excluding hydrogens is 344 g/mol. The van der Waals surface area contributed by atoms with E-state index in [1.165, 1.54) is 37.1 Å². The molecule has 0 radical (unpaired) electrons. The Morgan fingerprint density at radius 1 is 0.960 bits per heavy atom. The average molecular weight is 360 g/mol. The number of carbonyl (C=O) groups excluding carboxylic acids is 2. The number of rotatable bonds is 6. The molecule has 0 saturated carbocycles. The maximum Gasteiger partial charge on any atom is 0.338 e. The van der Waals surface area contributed by atoms with Gasteiger partial charge in [-0.05, 0) is 49.4 Å². The van der Waals surface area contributed by atoms with E-state index in [0.717, 1.165) is 4.90 Å². The van der Waals surface area contributed by atoms with E-state index in [4.69, 9.17) is 14.6 Å². The van der Waals surface area contributed by atoms with Crippen molar-refractivity contribution in [3.8, 4) is 0 Å². The highest BCUT2D eigenvalue weighted by Gasteiger charge is 2.19. The first-order valence-corrected chi connectivity index (χ1v) is 8.18. The second-order valence-corrected chi connectivity index (χ2v) is 6.00. The fourth-order valence-corrected chi connectivity index (χ4v) is 2.91. The van der Waals surface area contributed by atoms with Crippen LogP contribution in [0.25, 0.3) is 0 Å². The zero-order chi connectivity index (χ0) is 18.4. The van der Waals surface area contributed by atoms with E-state index in [-0.39, 0.29) is 23.3 Å². The van der Waals surface area contributed by atoms with Crippen LogP contribution in [0.5, 0.6) is 0 Å². The number of esters is 2. The summed E-state index contributed by atoms with van der Waals surface area (Å²) in [6, 6.07) is 11.1. The van der Waals surface area contributed by atoms with E-state index in [9.17, 15) is 14.4 Å². The first-order chi connectivity index (χ1) is 12.0. The summed E-state index contributed by atoms with van der Waals surface area (Å²) in [6.45, 7) is 1.88. The van der Waals surface area contributed by atoms with Crippen LogP contribution >= 0.6 is 11.8 Å². The number of carboxylic acids is 1. The first-order valence-electron chi connectivity index (χ1n) is 7.37. The zero-order valence-corrected chi connectivity index (χ0v) is 14.5. The molecule has 2 aromatic carbocycles. The predicted octanol–water partition coefficient (Wildman–Crippen LogP) is 3.50. The molecule has 0 aliphatic heterocycles. The second-order valence-electron chi connectivity index (χ2n) is 4.85. The third kappa shape index (κ3) is 4.60. The highest BCUT2D eigenvalue weighted by molar-refractivity contribution is 7.99. The summed E-state index contributed by atoms with van der Waals surface area (Å²) in [7, 11) is 1.24. The lowest BCUT2D eigenvalue weighted by Gasteiger charge is -2.10. The molecule has 1 N–H and O–H groups in total. The van der Waals surface area contributed by atoms with Crippen LogP contribution in [0.1, 0.15) is 38.0 Å². The predicted molar refractivity (Wildman–Crippen MR) is 91.3 cm³/mol. The van der Waals surface area contributed by atoms with Crippen LogP contribution in [0.4, 0.5) is 0 Å². The number of carbonyl (C=O) groups is 3. The van der Waals surface area contributed by atoms with Crippen molar-refractivity contribution in [1.29, 1.82) is 0 Å². The lowest BCUT2D eigenvalue weighted by atomic mass is 10.1. The molecule has 6 nitrogen and oxygen atoms in total. The van der Waals surface area contributed by atoms with Crippen LogP contribution in [-0.2, 0) is 9.47 Å². The smallest absolute Gasteiger partial charge is 0.338 e. The quantitative estimate of drug-likeness (QED) is 0.789. The van der Waals surface area contributed by atoms with Gasteiger partial charge in [0.25, 0.3) is 0 Å². The molecule has 0 saturated heterocycles. The molecule has 130 valence electrons. The van der Waals surface area contributed by atoms with Gasteiger partial charge in [0, 0.05) is 9.79 Å². The third-order valence-corrected chi connectivity index (χ3v) is 4.23. The standard InChI is InChI=1S/C18H16O6S/c1-3-24-18(22)14-9-8-13(10-15(14)17(21)23-2)25-12-6-4-11(5-7-12)16(19)20/h4-10H,3H2,1-2H3,(H,19,20). The van der Waals surface area contributed by atoms with Crippen molar-refractivity contribution < 1.29 is 29.0 Å². The van der Waals surface area contributed by atoms with Gasteiger partial charge in [-0.25, -0.2) is 14.4 Å². The molecule has 0 spiro atoms. The summed E-state index contributed by atoms with van der Waals surface area (Å²) >= 11 is 1.33. The molecule has 2 rings (SSSR count). The topological polar surface area (TPSA) is 89.9 Å². The highest BCUT2D eigenvalue weighted by Crippen LogP contribution is 2.30. The fraction of sp³-hybridized carbons (Fsp3) is 0.167. The van der Waals surface area contributed by atoms with E-state index < -0.39 is 17.9 Å². The Kier molecular flexibility index (Phi) is 6.19. The van der Waals surface area contributed by atoms with Gasteiger partial charge in [0.05, 0.1) is 30.4 Å². The SMILES string of the molecule is CCOC(=O)c1ccc(Sc2ccc(C(=O)O)cc2)cc1C(=O)OC. The third-order valence-electron chi connectivity index (χ3n) is 3.23. The largest absolute Gasteiger partial charge is 0.478 e. The van der Waals surface area contributed by atoms with Gasteiger partial charge in [0.1, 0.15) is 0 Å². The van der Waals surface area contributed by atoms with Gasteiger partial charge in [-0.2, -0.15) is 0 Å². The van der Waals surface area contributed by atoms with Gasteiger partial charge >= 0.3 is 17.9 Å². The maximum atomic E-state index is 12.0. The molecule has 2 aromatic rings. The summed E-state index contributed by atoms with van der Waals surface area (Å²) in [5.74, 6) is -2.22. The lowest BCUT2D eigenvalue weighted by Crippen LogP contribution is -2.13. The molecule has 0 heterocycles. The van der Waals surface area contributed by atoms with Gasteiger partial charge in [-0.3, -0.25) is 0 Å². The number of aromatic carboxylic acids is 1. The molecule has 0 aliphatic rings. The molecule has 0 bridgehead atoms. The van der Waals surface area contributed by atoms with E-state index in [1.807, 2.05) is 0 Å². The Hall–Kier alpha value is -2.80. The minimum Gasteiger partial charge on any atom is -0.478 e. The molecule has 0 aliphatic carbocycles. The summed E-state index contributed by atoms with van der Waals surface area (Å²) in [4.78, 5) is 36.3. The van der Waals surface area contributed by atoms with E-state index in [0.29, 0.717) is 4.90 Å². The van der Waals surface area contributed by atoms with Crippen LogP contribution in [0.15, 0.2) is 52.3 Å². The number of methoxy groups -OCH3 is 1. The summed E-state index contributed by atoms with van der Waals surface area (Å²) in [5.41, 5.74) is 0.449. The summed E-state index contributed by atoms with van der Waals surface area (Å²) in [5, 5.41) is 8.91. The average Bonchev–Trinajstić information content (AvgIpc) is 2.61. The van der Waals surface area contributed by atoms with Crippen LogP contribution in [-0.4, -0.2) is 36.7 Å². The molecular formula is C18H16O6S. The molecule has 0 unspecified atom stereocenters. The second kappa shape index (κ2) is 8.34. The number of hydrogen-bond acceptors (Lipinski definition) is 6. The molecule has 0 aromatic heterocycles. The van der Waals surface area contributed by atoms with Crippen LogP contribution < -0.4 is 0 Å². The van der Waals surface area contributed by atoms with Crippen molar-refractivity contribution in [1.82, 2.24) is 0 Å². The number of ether oxygens (including phenoxy) is 2. The van der Waals surface area contributed by atoms with E-state index in [1.54, 1.807) is 31.2 Å². The van der Waals surface area contributed by atoms with Crippen molar-refractivity contribution in [2.45, 2.75) is 16.7 Å². The molecule has 0 amide bonds. The van der Waals surface area contributed by atoms with Gasteiger partial charge in [0.2, 0.25) is 0 Å². The normalized spacial score (nSPS) is 10.2. The Labute approximate surface area is 148 Å². The fourth-order valence-electron chi connectivity index (χ4n) is 2.05. The van der Waals surface area contributed by atoms with Crippen molar-refractivity contribution >= 4 is 29.7 Å². The van der Waals surface area contributed by atoms with Crippen molar-refractivity contribution in [3.63, 3.8) is 0 Å². The maximum absolute atomic E-state index is 12.0. The Bertz CT molecular complexity index is 798. The minimum absolute atomic E-state index is 0.119. The Morgan fingerprint density at radius 3 is 2.16 bits per heavy atom. The molecule has 0 atom stereocenters. The molecule has 25 heavy (non-hydrogen) atoms. The van der Waals surface area contributed by atoms with E-state index in [2.05, 4.69) is 0 Å². The van der Waals surface area contributed by atoms with Gasteiger partial charge in [-0.1, -0.05) is 11.8 Å². The monoisotopic (exact) mass is 360 g/mol. The van der Waals surface area contributed by atoms with Crippen LogP contribution in [0, 0.1) is 0 Å². The zero-order valence-electron chi connectivity index (χ0n) is 13.6. The lowest BCUT2D eigenvalue weighted by molar-refractivity contribution is 0.0503. The summed E-state index contributed by atoms with van der Waals surface area (Å²) < 4.78 is 9.68. The number of hydrogen-bond donors (Lipinski definition) is 1. The molecule has 7 heteroatoms. The first kappa shape index (κ1) is 18.5. The number of carboxylic acid groups (broad SMARTS) is 1. The van der Waals surface area contributed by atoms with Gasteiger partial charge in [0.15, 0.2) is 0 Å². The highest BCUT2D eigenvalue weighted by atomic mass is 32.2.